The van der Waals surface area contributed by atoms with Gasteiger partial charge in [0.25, 0.3) is 0 Å². The molecule has 0 saturated heterocycles. The smallest absolute Gasteiger partial charge is 0.0323 e. The van der Waals surface area contributed by atoms with Gasteiger partial charge in [-0.15, -0.1) is 0 Å². The summed E-state index contributed by atoms with van der Waals surface area (Å²) in [5, 5.41) is 6.63. The second kappa shape index (κ2) is 7.26. The van der Waals surface area contributed by atoms with Gasteiger partial charge in [-0.1, -0.05) is 50.2 Å². The maximum atomic E-state index is 3.80. The number of benzene rings is 2. The number of hydrogen-bond acceptors (Lipinski definition) is 2. The molecule has 118 valence electrons. The number of hydrogen-bond donors (Lipinski definition) is 1. The van der Waals surface area contributed by atoms with Crippen molar-refractivity contribution in [2.45, 2.75) is 39.2 Å². The first-order chi connectivity index (χ1) is 10.8. The third-order valence-corrected chi connectivity index (χ3v) is 5.09. The summed E-state index contributed by atoms with van der Waals surface area (Å²) in [5.41, 5.74) is 3.11. The SMILES string of the molecule is CCN(CC)CCNC1CCCc2c1ccc1ccccc21. The molecule has 3 rings (SSSR count). The Balaban J connectivity index is 1.75. The zero-order chi connectivity index (χ0) is 15.4. The van der Waals surface area contributed by atoms with Crippen LogP contribution in [0.2, 0.25) is 0 Å². The minimum Gasteiger partial charge on any atom is -0.309 e. The van der Waals surface area contributed by atoms with E-state index in [1.807, 2.05) is 0 Å². The van der Waals surface area contributed by atoms with Gasteiger partial charge in [0.15, 0.2) is 0 Å². The Bertz CT molecular complexity index is 616. The minimum absolute atomic E-state index is 0.531. The van der Waals surface area contributed by atoms with Gasteiger partial charge in [0, 0.05) is 19.1 Å². The number of likely N-dealkylation sites (N-methyl/N-ethyl adjacent to an activating group) is 1. The normalized spacial score (nSPS) is 17.9. The van der Waals surface area contributed by atoms with E-state index in [0.29, 0.717) is 6.04 Å². The van der Waals surface area contributed by atoms with Crippen molar-refractivity contribution in [3.05, 3.63) is 47.5 Å². The Morgan fingerprint density at radius 3 is 2.73 bits per heavy atom. The van der Waals surface area contributed by atoms with Gasteiger partial charge in [-0.25, -0.2) is 0 Å². The highest BCUT2D eigenvalue weighted by Gasteiger charge is 2.21. The van der Waals surface area contributed by atoms with Gasteiger partial charge >= 0.3 is 0 Å². The van der Waals surface area contributed by atoms with Crippen LogP contribution in [0, 0.1) is 0 Å². The summed E-state index contributed by atoms with van der Waals surface area (Å²) in [6.45, 7) is 9.00. The molecule has 0 bridgehead atoms. The van der Waals surface area contributed by atoms with Crippen LogP contribution in [0.25, 0.3) is 10.8 Å². The highest BCUT2D eigenvalue weighted by Crippen LogP contribution is 2.34. The minimum atomic E-state index is 0.531. The van der Waals surface area contributed by atoms with Crippen molar-refractivity contribution in [1.29, 1.82) is 0 Å². The highest BCUT2D eigenvalue weighted by atomic mass is 15.1. The van der Waals surface area contributed by atoms with Crippen LogP contribution < -0.4 is 5.32 Å². The van der Waals surface area contributed by atoms with Gasteiger partial charge in [-0.3, -0.25) is 0 Å². The number of aryl methyl sites for hydroxylation is 1. The van der Waals surface area contributed by atoms with E-state index >= 15 is 0 Å². The van der Waals surface area contributed by atoms with E-state index in [-0.39, 0.29) is 0 Å². The predicted molar refractivity (Wildman–Crippen MR) is 95.4 cm³/mol. The third kappa shape index (κ3) is 3.18. The predicted octanol–water partition coefficient (Wildman–Crippen LogP) is 4.15. The molecule has 0 aromatic heterocycles. The lowest BCUT2D eigenvalue weighted by atomic mass is 9.84. The van der Waals surface area contributed by atoms with Gasteiger partial charge < -0.3 is 10.2 Å². The van der Waals surface area contributed by atoms with Gasteiger partial charge in [0.05, 0.1) is 0 Å². The maximum Gasteiger partial charge on any atom is 0.0323 e. The van der Waals surface area contributed by atoms with Gasteiger partial charge in [-0.2, -0.15) is 0 Å². The quantitative estimate of drug-likeness (QED) is 0.861. The summed E-state index contributed by atoms with van der Waals surface area (Å²) in [7, 11) is 0. The molecule has 2 aromatic rings. The fourth-order valence-electron chi connectivity index (χ4n) is 3.75. The lowest BCUT2D eigenvalue weighted by molar-refractivity contribution is 0.293. The summed E-state index contributed by atoms with van der Waals surface area (Å²) in [6, 6.07) is 14.0. The summed E-state index contributed by atoms with van der Waals surface area (Å²) in [5.74, 6) is 0. The van der Waals surface area contributed by atoms with E-state index in [1.165, 1.54) is 35.6 Å². The molecule has 0 amide bonds. The standard InChI is InChI=1S/C20H28N2/c1-3-22(4-2)15-14-21-20-11-7-10-18-17-9-6-5-8-16(17)12-13-19(18)20/h5-6,8-9,12-13,20-21H,3-4,7,10-11,14-15H2,1-2H3. The van der Waals surface area contributed by atoms with Crippen molar-refractivity contribution in [3.8, 4) is 0 Å². The van der Waals surface area contributed by atoms with E-state index in [2.05, 4.69) is 60.5 Å². The molecular weight excluding hydrogens is 268 g/mol. The lowest BCUT2D eigenvalue weighted by Gasteiger charge is -2.29. The molecule has 0 aliphatic heterocycles. The summed E-state index contributed by atoms with van der Waals surface area (Å²) in [6.07, 6.45) is 3.79. The van der Waals surface area contributed by atoms with Crippen molar-refractivity contribution < 1.29 is 0 Å². The molecule has 1 unspecified atom stereocenters. The summed E-state index contributed by atoms with van der Waals surface area (Å²) in [4.78, 5) is 2.48. The molecule has 0 saturated carbocycles. The van der Waals surface area contributed by atoms with Crippen LogP contribution in [0.4, 0.5) is 0 Å². The Hall–Kier alpha value is -1.38. The molecule has 2 aromatic carbocycles. The molecule has 0 spiro atoms. The average molecular weight is 296 g/mol. The Morgan fingerprint density at radius 1 is 1.09 bits per heavy atom. The molecule has 2 heteroatoms. The van der Waals surface area contributed by atoms with E-state index in [0.717, 1.165) is 26.2 Å². The Morgan fingerprint density at radius 2 is 1.91 bits per heavy atom. The molecule has 1 N–H and O–H groups in total. The first kappa shape index (κ1) is 15.5. The molecule has 2 nitrogen and oxygen atoms in total. The van der Waals surface area contributed by atoms with Crippen molar-refractivity contribution >= 4 is 10.8 Å². The number of nitrogens with zero attached hydrogens (tertiary/aromatic N) is 1. The fraction of sp³-hybridized carbons (Fsp3) is 0.500. The Kier molecular flexibility index (Phi) is 5.12. The van der Waals surface area contributed by atoms with Crippen LogP contribution in [0.1, 0.15) is 43.9 Å². The van der Waals surface area contributed by atoms with Crippen LogP contribution in [0.15, 0.2) is 36.4 Å². The molecule has 1 atom stereocenters. The topological polar surface area (TPSA) is 15.3 Å². The number of nitrogens with one attached hydrogen (secondary N) is 1. The van der Waals surface area contributed by atoms with Crippen LogP contribution in [-0.2, 0) is 6.42 Å². The van der Waals surface area contributed by atoms with E-state index in [1.54, 1.807) is 5.56 Å². The third-order valence-electron chi connectivity index (χ3n) is 5.09. The molecule has 22 heavy (non-hydrogen) atoms. The van der Waals surface area contributed by atoms with Crippen molar-refractivity contribution in [2.24, 2.45) is 0 Å². The average Bonchev–Trinajstić information content (AvgIpc) is 2.58. The lowest BCUT2D eigenvalue weighted by Crippen LogP contribution is -2.34. The first-order valence-corrected chi connectivity index (χ1v) is 8.79. The molecule has 1 aliphatic carbocycles. The van der Waals surface area contributed by atoms with Crippen LogP contribution in [0.5, 0.6) is 0 Å². The number of rotatable bonds is 6. The van der Waals surface area contributed by atoms with Gasteiger partial charge in [0.2, 0.25) is 0 Å². The molecular formula is C20H28N2. The van der Waals surface area contributed by atoms with Crippen molar-refractivity contribution in [1.82, 2.24) is 10.2 Å². The van der Waals surface area contributed by atoms with E-state index in [4.69, 9.17) is 0 Å². The second-order valence-corrected chi connectivity index (χ2v) is 6.28. The summed E-state index contributed by atoms with van der Waals surface area (Å²) < 4.78 is 0. The highest BCUT2D eigenvalue weighted by molar-refractivity contribution is 5.87. The number of fused-ring (bicyclic) bond motifs is 3. The zero-order valence-corrected chi connectivity index (χ0v) is 13.9. The fourth-order valence-corrected chi connectivity index (χ4v) is 3.75. The Labute approximate surface area is 134 Å². The van der Waals surface area contributed by atoms with Crippen molar-refractivity contribution in [2.75, 3.05) is 26.2 Å². The van der Waals surface area contributed by atoms with Gasteiger partial charge in [-0.05, 0) is 54.3 Å². The monoisotopic (exact) mass is 296 g/mol. The van der Waals surface area contributed by atoms with E-state index in [9.17, 15) is 0 Å². The molecule has 0 radical (unpaired) electrons. The van der Waals surface area contributed by atoms with Gasteiger partial charge in [0.1, 0.15) is 0 Å². The van der Waals surface area contributed by atoms with Crippen LogP contribution in [0.3, 0.4) is 0 Å². The second-order valence-electron chi connectivity index (χ2n) is 6.28. The maximum absolute atomic E-state index is 3.80. The summed E-state index contributed by atoms with van der Waals surface area (Å²) >= 11 is 0. The molecule has 0 heterocycles. The van der Waals surface area contributed by atoms with Crippen LogP contribution >= 0.6 is 0 Å². The molecule has 0 fully saturated rings. The largest absolute Gasteiger partial charge is 0.309 e. The van der Waals surface area contributed by atoms with Crippen molar-refractivity contribution in [3.63, 3.8) is 0 Å². The van der Waals surface area contributed by atoms with Crippen LogP contribution in [-0.4, -0.2) is 31.1 Å². The first-order valence-electron chi connectivity index (χ1n) is 8.79. The molecule has 1 aliphatic rings. The zero-order valence-electron chi connectivity index (χ0n) is 13.9. The van der Waals surface area contributed by atoms with E-state index < -0.39 is 0 Å².